The molecule has 2 aromatic carbocycles. The fraction of sp³-hybridized carbons (Fsp3) is 0.211. The number of ketones is 1. The predicted octanol–water partition coefficient (Wildman–Crippen LogP) is 4.34. The topological polar surface area (TPSA) is 22.0 Å². The van der Waals surface area contributed by atoms with Crippen LogP contribution in [-0.4, -0.2) is 10.4 Å². The summed E-state index contributed by atoms with van der Waals surface area (Å²) in [4.78, 5) is 13.1. The molecule has 0 amide bonds. The van der Waals surface area contributed by atoms with E-state index in [0.717, 1.165) is 22.0 Å². The lowest BCUT2D eigenvalue weighted by atomic mass is 9.78. The first kappa shape index (κ1) is 13.6. The van der Waals surface area contributed by atoms with Crippen LogP contribution in [0.2, 0.25) is 0 Å². The molecule has 106 valence electrons. The standard InChI is InChI=1S/C19H19NO/c1-19(2,14-9-5-4-6-10-14)18(21)16-13-20(3)17-12-8-7-11-15(16)17/h4-13H,1-3H3. The summed E-state index contributed by atoms with van der Waals surface area (Å²) < 4.78 is 2.02. The van der Waals surface area contributed by atoms with Gasteiger partial charge in [0.1, 0.15) is 0 Å². The number of aryl methyl sites for hydroxylation is 1. The lowest BCUT2D eigenvalue weighted by molar-refractivity contribution is 0.0910. The third kappa shape index (κ3) is 2.17. The van der Waals surface area contributed by atoms with Gasteiger partial charge in [0.2, 0.25) is 0 Å². The molecular weight excluding hydrogens is 258 g/mol. The van der Waals surface area contributed by atoms with Gasteiger partial charge in [-0.3, -0.25) is 4.79 Å². The summed E-state index contributed by atoms with van der Waals surface area (Å²) in [5.74, 6) is 0.158. The number of benzene rings is 2. The van der Waals surface area contributed by atoms with Gasteiger partial charge < -0.3 is 4.57 Å². The van der Waals surface area contributed by atoms with Crippen LogP contribution in [0.3, 0.4) is 0 Å². The lowest BCUT2D eigenvalue weighted by Gasteiger charge is -2.23. The number of hydrogen-bond donors (Lipinski definition) is 0. The van der Waals surface area contributed by atoms with Gasteiger partial charge in [-0.2, -0.15) is 0 Å². The van der Waals surface area contributed by atoms with Crippen molar-refractivity contribution in [1.82, 2.24) is 4.57 Å². The van der Waals surface area contributed by atoms with Crippen LogP contribution in [0.5, 0.6) is 0 Å². The van der Waals surface area contributed by atoms with Crippen LogP contribution >= 0.6 is 0 Å². The Morgan fingerprint density at radius 2 is 1.57 bits per heavy atom. The van der Waals surface area contributed by atoms with E-state index in [1.165, 1.54) is 0 Å². The van der Waals surface area contributed by atoms with Crippen molar-refractivity contribution >= 4 is 16.7 Å². The van der Waals surface area contributed by atoms with Gasteiger partial charge in [0.25, 0.3) is 0 Å². The summed E-state index contributed by atoms with van der Waals surface area (Å²) in [6.07, 6.45) is 1.94. The molecule has 0 spiro atoms. The van der Waals surface area contributed by atoms with E-state index in [2.05, 4.69) is 0 Å². The second-order valence-corrected chi connectivity index (χ2v) is 5.99. The van der Waals surface area contributed by atoms with Crippen LogP contribution in [0, 0.1) is 0 Å². The molecule has 3 rings (SSSR count). The van der Waals surface area contributed by atoms with Crippen molar-refractivity contribution in [3.05, 3.63) is 71.9 Å². The van der Waals surface area contributed by atoms with Crippen LogP contribution in [0.1, 0.15) is 29.8 Å². The summed E-state index contributed by atoms with van der Waals surface area (Å²) in [7, 11) is 1.98. The Kier molecular flexibility index (Phi) is 3.17. The Hall–Kier alpha value is -2.35. The van der Waals surface area contributed by atoms with E-state index in [1.807, 2.05) is 86.3 Å². The molecule has 0 bridgehead atoms. The summed E-state index contributed by atoms with van der Waals surface area (Å²) in [5.41, 5.74) is 2.39. The largest absolute Gasteiger partial charge is 0.350 e. The molecule has 0 aliphatic heterocycles. The van der Waals surface area contributed by atoms with E-state index in [0.29, 0.717) is 0 Å². The zero-order valence-corrected chi connectivity index (χ0v) is 12.6. The third-order valence-corrected chi connectivity index (χ3v) is 4.20. The summed E-state index contributed by atoms with van der Waals surface area (Å²) in [6, 6.07) is 18.0. The molecule has 0 atom stereocenters. The number of hydrogen-bond acceptors (Lipinski definition) is 1. The first-order valence-electron chi connectivity index (χ1n) is 7.16. The van der Waals surface area contributed by atoms with Gasteiger partial charge in [-0.05, 0) is 25.5 Å². The molecule has 0 saturated heterocycles. The van der Waals surface area contributed by atoms with Crippen LogP contribution in [0.4, 0.5) is 0 Å². The van der Waals surface area contributed by atoms with Crippen molar-refractivity contribution in [3.63, 3.8) is 0 Å². The van der Waals surface area contributed by atoms with Gasteiger partial charge >= 0.3 is 0 Å². The van der Waals surface area contributed by atoms with Crippen molar-refractivity contribution in [2.75, 3.05) is 0 Å². The maximum absolute atomic E-state index is 13.1. The van der Waals surface area contributed by atoms with Crippen LogP contribution < -0.4 is 0 Å². The number of aromatic nitrogens is 1. The molecule has 0 unspecified atom stereocenters. The molecule has 0 aliphatic carbocycles. The van der Waals surface area contributed by atoms with Crippen molar-refractivity contribution in [2.45, 2.75) is 19.3 Å². The number of rotatable bonds is 3. The van der Waals surface area contributed by atoms with Gasteiger partial charge in [0, 0.05) is 29.7 Å². The first-order valence-corrected chi connectivity index (χ1v) is 7.16. The Labute approximate surface area is 125 Å². The van der Waals surface area contributed by atoms with Gasteiger partial charge in [0.15, 0.2) is 5.78 Å². The molecule has 0 fully saturated rings. The molecule has 1 heterocycles. The second-order valence-electron chi connectivity index (χ2n) is 5.99. The number of fused-ring (bicyclic) bond motifs is 1. The molecule has 0 saturated carbocycles. The van der Waals surface area contributed by atoms with E-state index in [9.17, 15) is 4.79 Å². The Morgan fingerprint density at radius 3 is 2.29 bits per heavy atom. The van der Waals surface area contributed by atoms with E-state index < -0.39 is 5.41 Å². The first-order chi connectivity index (χ1) is 10.0. The fourth-order valence-corrected chi connectivity index (χ4v) is 2.85. The van der Waals surface area contributed by atoms with Crippen LogP contribution in [0.15, 0.2) is 60.8 Å². The molecule has 0 aliphatic rings. The fourth-order valence-electron chi connectivity index (χ4n) is 2.85. The monoisotopic (exact) mass is 277 g/mol. The minimum Gasteiger partial charge on any atom is -0.350 e. The average Bonchev–Trinajstić information content (AvgIpc) is 2.85. The highest BCUT2D eigenvalue weighted by atomic mass is 16.1. The highest BCUT2D eigenvalue weighted by Gasteiger charge is 2.32. The average molecular weight is 277 g/mol. The molecule has 1 aromatic heterocycles. The van der Waals surface area contributed by atoms with Crippen molar-refractivity contribution < 1.29 is 4.79 Å². The highest BCUT2D eigenvalue weighted by Crippen LogP contribution is 2.31. The summed E-state index contributed by atoms with van der Waals surface area (Å²) in [6.45, 7) is 3.98. The number of Topliss-reactive ketones (excluding diaryl/α,β-unsaturated/α-hetero) is 1. The number of carbonyl (C=O) groups excluding carboxylic acids is 1. The van der Waals surface area contributed by atoms with Gasteiger partial charge in [-0.1, -0.05) is 48.5 Å². The Morgan fingerprint density at radius 1 is 0.952 bits per heavy atom. The number of para-hydroxylation sites is 1. The Bertz CT molecular complexity index is 797. The number of carbonyl (C=O) groups is 1. The second kappa shape index (κ2) is 4.88. The van der Waals surface area contributed by atoms with Crippen LogP contribution in [-0.2, 0) is 12.5 Å². The van der Waals surface area contributed by atoms with Gasteiger partial charge in [-0.25, -0.2) is 0 Å². The minimum absolute atomic E-state index is 0.158. The maximum Gasteiger partial charge on any atom is 0.174 e. The molecular formula is C19H19NO. The Balaban J connectivity index is 2.13. The predicted molar refractivity (Wildman–Crippen MR) is 86.7 cm³/mol. The quantitative estimate of drug-likeness (QED) is 0.653. The SMILES string of the molecule is Cn1cc(C(=O)C(C)(C)c2ccccc2)c2ccccc21. The number of nitrogens with zero attached hydrogens (tertiary/aromatic N) is 1. The van der Waals surface area contributed by atoms with Crippen molar-refractivity contribution in [3.8, 4) is 0 Å². The van der Waals surface area contributed by atoms with E-state index in [1.54, 1.807) is 0 Å². The minimum atomic E-state index is -0.536. The molecule has 2 nitrogen and oxygen atoms in total. The molecule has 2 heteroatoms. The maximum atomic E-state index is 13.1. The highest BCUT2D eigenvalue weighted by molar-refractivity contribution is 6.12. The smallest absolute Gasteiger partial charge is 0.174 e. The van der Waals surface area contributed by atoms with Crippen LogP contribution in [0.25, 0.3) is 10.9 Å². The summed E-state index contributed by atoms with van der Waals surface area (Å²) >= 11 is 0. The van der Waals surface area contributed by atoms with Crippen molar-refractivity contribution in [1.29, 1.82) is 0 Å². The van der Waals surface area contributed by atoms with Crippen molar-refractivity contribution in [2.24, 2.45) is 7.05 Å². The van der Waals surface area contributed by atoms with Gasteiger partial charge in [-0.15, -0.1) is 0 Å². The van der Waals surface area contributed by atoms with E-state index in [4.69, 9.17) is 0 Å². The summed E-state index contributed by atoms with van der Waals surface area (Å²) in [5, 5.41) is 1.02. The third-order valence-electron chi connectivity index (χ3n) is 4.20. The zero-order valence-electron chi connectivity index (χ0n) is 12.6. The molecule has 21 heavy (non-hydrogen) atoms. The molecule has 3 aromatic rings. The van der Waals surface area contributed by atoms with Gasteiger partial charge in [0.05, 0.1) is 5.41 Å². The zero-order chi connectivity index (χ0) is 15.0. The van der Waals surface area contributed by atoms with E-state index in [-0.39, 0.29) is 5.78 Å². The normalized spacial score (nSPS) is 11.8. The van der Waals surface area contributed by atoms with E-state index >= 15 is 0 Å². The molecule has 0 N–H and O–H groups in total. The molecule has 0 radical (unpaired) electrons. The lowest BCUT2D eigenvalue weighted by Crippen LogP contribution is -2.28.